The van der Waals surface area contributed by atoms with Crippen molar-refractivity contribution in [3.05, 3.63) is 34.9 Å². The number of Topliss-reactive ketones (excluding diaryl/α,β-unsaturated/α-hetero) is 1. The molecule has 106 valence electrons. The number of sulfone groups is 1. The first-order chi connectivity index (χ1) is 8.70. The van der Waals surface area contributed by atoms with Crippen molar-refractivity contribution < 1.29 is 13.2 Å². The largest absolute Gasteiger partial charge is 0.321 e. The van der Waals surface area contributed by atoms with Gasteiger partial charge in [0.25, 0.3) is 0 Å². The second-order valence-electron chi connectivity index (χ2n) is 5.04. The first kappa shape index (κ1) is 15.9. The van der Waals surface area contributed by atoms with Crippen molar-refractivity contribution in [2.24, 2.45) is 5.73 Å². The van der Waals surface area contributed by atoms with Crippen LogP contribution in [-0.4, -0.2) is 32.3 Å². The molecule has 1 aromatic rings. The van der Waals surface area contributed by atoms with Crippen LogP contribution in [0.15, 0.2) is 18.2 Å². The molecule has 0 fully saturated rings. The molecule has 1 rings (SSSR count). The fourth-order valence-corrected chi connectivity index (χ4v) is 2.62. The van der Waals surface area contributed by atoms with Crippen molar-refractivity contribution in [2.75, 3.05) is 12.0 Å². The minimum atomic E-state index is -3.07. The average molecular weight is 283 g/mol. The van der Waals surface area contributed by atoms with Crippen molar-refractivity contribution in [1.29, 1.82) is 0 Å². The van der Waals surface area contributed by atoms with Crippen LogP contribution in [0.2, 0.25) is 0 Å². The number of carbonyl (C=O) groups is 1. The Kier molecular flexibility index (Phi) is 5.26. The Hall–Kier alpha value is -1.20. The zero-order valence-electron chi connectivity index (χ0n) is 11.6. The molecule has 1 aromatic carbocycles. The van der Waals surface area contributed by atoms with Gasteiger partial charge in [0.05, 0.1) is 11.8 Å². The third kappa shape index (κ3) is 5.12. The standard InChI is InChI=1S/C14H21NO3S/c1-10-5-4-6-11(2)12(10)9-14(16)13(15)7-8-19(3,17)18/h4-6,13H,7-9,15H2,1-3H3. The van der Waals surface area contributed by atoms with Crippen LogP contribution in [0.4, 0.5) is 0 Å². The van der Waals surface area contributed by atoms with E-state index in [2.05, 4.69) is 0 Å². The van der Waals surface area contributed by atoms with E-state index in [1.807, 2.05) is 32.0 Å². The van der Waals surface area contributed by atoms with Crippen molar-refractivity contribution in [3.8, 4) is 0 Å². The quantitative estimate of drug-likeness (QED) is 0.850. The molecule has 0 heterocycles. The highest BCUT2D eigenvalue weighted by Gasteiger charge is 2.17. The Morgan fingerprint density at radius 2 is 1.79 bits per heavy atom. The maximum Gasteiger partial charge on any atom is 0.153 e. The SMILES string of the molecule is Cc1cccc(C)c1CC(=O)C(N)CCS(C)(=O)=O. The predicted molar refractivity (Wildman–Crippen MR) is 76.9 cm³/mol. The lowest BCUT2D eigenvalue weighted by Crippen LogP contribution is -2.34. The first-order valence-electron chi connectivity index (χ1n) is 6.22. The number of hydrogen-bond donors (Lipinski definition) is 1. The average Bonchev–Trinajstić information content (AvgIpc) is 2.29. The fourth-order valence-electron chi connectivity index (χ4n) is 1.94. The molecule has 1 atom stereocenters. The van der Waals surface area contributed by atoms with Gasteiger partial charge in [0.1, 0.15) is 9.84 Å². The van der Waals surface area contributed by atoms with E-state index in [0.29, 0.717) is 0 Å². The number of benzene rings is 1. The van der Waals surface area contributed by atoms with Gasteiger partial charge in [-0.1, -0.05) is 18.2 Å². The van der Waals surface area contributed by atoms with Crippen LogP contribution in [0.3, 0.4) is 0 Å². The molecule has 0 aromatic heterocycles. The van der Waals surface area contributed by atoms with E-state index in [1.54, 1.807) is 0 Å². The van der Waals surface area contributed by atoms with Gasteiger partial charge in [-0.15, -0.1) is 0 Å². The van der Waals surface area contributed by atoms with Crippen molar-refractivity contribution >= 4 is 15.6 Å². The fraction of sp³-hybridized carbons (Fsp3) is 0.500. The number of carbonyl (C=O) groups excluding carboxylic acids is 1. The predicted octanol–water partition coefficient (Wildman–Crippen LogP) is 1.18. The lowest BCUT2D eigenvalue weighted by atomic mass is 9.95. The minimum Gasteiger partial charge on any atom is -0.321 e. The van der Waals surface area contributed by atoms with E-state index in [9.17, 15) is 13.2 Å². The molecule has 0 bridgehead atoms. The van der Waals surface area contributed by atoms with Crippen LogP contribution in [0.25, 0.3) is 0 Å². The molecule has 0 saturated carbocycles. The van der Waals surface area contributed by atoms with Crippen LogP contribution in [0, 0.1) is 13.8 Å². The summed E-state index contributed by atoms with van der Waals surface area (Å²) in [7, 11) is -3.07. The van der Waals surface area contributed by atoms with E-state index in [-0.39, 0.29) is 24.4 Å². The molecule has 0 radical (unpaired) electrons. The lowest BCUT2D eigenvalue weighted by Gasteiger charge is -2.13. The maximum absolute atomic E-state index is 12.0. The number of nitrogens with two attached hydrogens (primary N) is 1. The molecular weight excluding hydrogens is 262 g/mol. The summed E-state index contributed by atoms with van der Waals surface area (Å²) in [5.41, 5.74) is 8.86. The van der Waals surface area contributed by atoms with Gasteiger partial charge in [0, 0.05) is 12.7 Å². The highest BCUT2D eigenvalue weighted by atomic mass is 32.2. The topological polar surface area (TPSA) is 77.2 Å². The molecule has 0 amide bonds. The van der Waals surface area contributed by atoms with Crippen molar-refractivity contribution in [1.82, 2.24) is 0 Å². The van der Waals surface area contributed by atoms with Gasteiger partial charge >= 0.3 is 0 Å². The zero-order valence-corrected chi connectivity index (χ0v) is 12.5. The Morgan fingerprint density at radius 1 is 1.26 bits per heavy atom. The summed E-state index contributed by atoms with van der Waals surface area (Å²) in [6.07, 6.45) is 1.60. The minimum absolute atomic E-state index is 0.0489. The molecule has 4 nitrogen and oxygen atoms in total. The van der Waals surface area contributed by atoms with Gasteiger partial charge in [-0.2, -0.15) is 0 Å². The van der Waals surface area contributed by atoms with E-state index >= 15 is 0 Å². The molecule has 1 unspecified atom stereocenters. The number of hydrogen-bond acceptors (Lipinski definition) is 4. The third-order valence-electron chi connectivity index (χ3n) is 3.21. The summed E-state index contributed by atoms with van der Waals surface area (Å²) >= 11 is 0. The first-order valence-corrected chi connectivity index (χ1v) is 8.28. The van der Waals surface area contributed by atoms with E-state index < -0.39 is 15.9 Å². The number of ketones is 1. The van der Waals surface area contributed by atoms with Gasteiger partial charge in [-0.05, 0) is 37.0 Å². The number of aryl methyl sites for hydroxylation is 2. The molecule has 0 aliphatic heterocycles. The summed E-state index contributed by atoms with van der Waals surface area (Å²) < 4.78 is 22.1. The molecule has 19 heavy (non-hydrogen) atoms. The Morgan fingerprint density at radius 3 is 2.26 bits per heavy atom. The van der Waals surface area contributed by atoms with Gasteiger partial charge in [-0.3, -0.25) is 4.79 Å². The van der Waals surface area contributed by atoms with E-state index in [4.69, 9.17) is 5.73 Å². The Labute approximate surface area is 114 Å². The van der Waals surface area contributed by atoms with Crippen LogP contribution >= 0.6 is 0 Å². The number of rotatable bonds is 6. The van der Waals surface area contributed by atoms with Gasteiger partial charge < -0.3 is 5.73 Å². The third-order valence-corrected chi connectivity index (χ3v) is 4.19. The molecule has 0 aliphatic rings. The van der Waals surface area contributed by atoms with Crippen molar-refractivity contribution in [3.63, 3.8) is 0 Å². The normalized spacial score (nSPS) is 13.3. The monoisotopic (exact) mass is 283 g/mol. The molecule has 0 spiro atoms. The molecule has 0 aliphatic carbocycles. The Balaban J connectivity index is 2.69. The van der Waals surface area contributed by atoms with Crippen LogP contribution in [0.5, 0.6) is 0 Å². The highest BCUT2D eigenvalue weighted by Crippen LogP contribution is 2.15. The summed E-state index contributed by atoms with van der Waals surface area (Å²) in [5, 5.41) is 0. The smallest absolute Gasteiger partial charge is 0.153 e. The molecular formula is C14H21NO3S. The summed E-state index contributed by atoms with van der Waals surface area (Å²) in [4.78, 5) is 12.0. The zero-order chi connectivity index (χ0) is 14.6. The Bertz CT molecular complexity index is 544. The van der Waals surface area contributed by atoms with Crippen LogP contribution in [0.1, 0.15) is 23.1 Å². The van der Waals surface area contributed by atoms with Gasteiger partial charge in [0.2, 0.25) is 0 Å². The summed E-state index contributed by atoms with van der Waals surface area (Å²) in [5.74, 6) is -0.159. The van der Waals surface area contributed by atoms with Gasteiger partial charge in [0.15, 0.2) is 5.78 Å². The summed E-state index contributed by atoms with van der Waals surface area (Å²) in [6, 6.07) is 5.14. The van der Waals surface area contributed by atoms with E-state index in [1.165, 1.54) is 0 Å². The van der Waals surface area contributed by atoms with Crippen LogP contribution in [-0.2, 0) is 21.1 Å². The van der Waals surface area contributed by atoms with Crippen molar-refractivity contribution in [2.45, 2.75) is 32.7 Å². The molecule has 2 N–H and O–H groups in total. The highest BCUT2D eigenvalue weighted by molar-refractivity contribution is 7.90. The van der Waals surface area contributed by atoms with Gasteiger partial charge in [-0.25, -0.2) is 8.42 Å². The van der Waals surface area contributed by atoms with Crippen LogP contribution < -0.4 is 5.73 Å². The second kappa shape index (κ2) is 6.30. The second-order valence-corrected chi connectivity index (χ2v) is 7.30. The molecule has 5 heteroatoms. The molecule has 0 saturated heterocycles. The lowest BCUT2D eigenvalue weighted by molar-refractivity contribution is -0.119. The summed E-state index contributed by atoms with van der Waals surface area (Å²) in [6.45, 7) is 3.91. The maximum atomic E-state index is 12.0. The van der Waals surface area contributed by atoms with E-state index in [0.717, 1.165) is 22.9 Å².